The molecule has 0 aromatic rings. The summed E-state index contributed by atoms with van der Waals surface area (Å²) < 4.78 is 5.47. The Hall–Kier alpha value is -0.120. The fraction of sp³-hybridized carbons (Fsp3) is 1.00. The van der Waals surface area contributed by atoms with Crippen LogP contribution in [0.4, 0.5) is 0 Å². The summed E-state index contributed by atoms with van der Waals surface area (Å²) in [6.45, 7) is 12.4. The number of ether oxygens (including phenoxy) is 1. The van der Waals surface area contributed by atoms with Gasteiger partial charge in [0.05, 0.1) is 13.2 Å². The fourth-order valence-corrected chi connectivity index (χ4v) is 3.34. The van der Waals surface area contributed by atoms with Crippen LogP contribution >= 0.6 is 0 Å². The first-order chi connectivity index (χ1) is 8.47. The Morgan fingerprint density at radius 1 is 1.17 bits per heavy atom. The first kappa shape index (κ1) is 14.3. The first-order valence-electron chi connectivity index (χ1n) is 7.52. The minimum absolute atomic E-state index is 0.256. The highest BCUT2D eigenvalue weighted by Crippen LogP contribution is 2.34. The Balaban J connectivity index is 1.82. The molecule has 2 rings (SSSR count). The minimum atomic E-state index is 0.256. The SMILES string of the molecule is CC(C)(C)C1CCCN(CC2COCC2N)CC1. The molecule has 0 amide bonds. The zero-order valence-corrected chi connectivity index (χ0v) is 12.3. The molecule has 2 fully saturated rings. The lowest BCUT2D eigenvalue weighted by atomic mass is 9.77. The molecule has 0 aromatic heterocycles. The molecule has 2 aliphatic heterocycles. The smallest absolute Gasteiger partial charge is 0.0621 e. The first-order valence-corrected chi connectivity index (χ1v) is 7.52. The zero-order valence-electron chi connectivity index (χ0n) is 12.3. The summed E-state index contributed by atoms with van der Waals surface area (Å²) in [7, 11) is 0. The van der Waals surface area contributed by atoms with Crippen LogP contribution in [0.1, 0.15) is 40.0 Å². The fourth-order valence-electron chi connectivity index (χ4n) is 3.34. The standard InChI is InChI=1S/C15H30N2O/c1-15(2,3)13-5-4-7-17(8-6-13)9-12-10-18-11-14(12)16/h12-14H,4-11,16H2,1-3H3. The van der Waals surface area contributed by atoms with E-state index in [0.717, 1.165) is 25.7 Å². The van der Waals surface area contributed by atoms with Gasteiger partial charge in [0.2, 0.25) is 0 Å². The molecule has 0 aromatic carbocycles. The van der Waals surface area contributed by atoms with Gasteiger partial charge >= 0.3 is 0 Å². The largest absolute Gasteiger partial charge is 0.379 e. The van der Waals surface area contributed by atoms with Crippen LogP contribution in [0.2, 0.25) is 0 Å². The maximum atomic E-state index is 6.08. The highest BCUT2D eigenvalue weighted by atomic mass is 16.5. The lowest BCUT2D eigenvalue weighted by molar-refractivity contribution is 0.164. The molecular formula is C15H30N2O. The summed E-state index contributed by atoms with van der Waals surface area (Å²) in [5.41, 5.74) is 6.54. The summed E-state index contributed by atoms with van der Waals surface area (Å²) in [5.74, 6) is 1.42. The second-order valence-corrected chi connectivity index (χ2v) is 7.26. The van der Waals surface area contributed by atoms with Crippen molar-refractivity contribution in [2.75, 3.05) is 32.8 Å². The van der Waals surface area contributed by atoms with Crippen LogP contribution in [0.15, 0.2) is 0 Å². The van der Waals surface area contributed by atoms with E-state index in [1.165, 1.54) is 32.4 Å². The molecule has 0 radical (unpaired) electrons. The summed E-state index contributed by atoms with van der Waals surface area (Å²) in [4.78, 5) is 2.62. The van der Waals surface area contributed by atoms with Crippen molar-refractivity contribution in [3.8, 4) is 0 Å². The average molecular weight is 254 g/mol. The van der Waals surface area contributed by atoms with E-state index >= 15 is 0 Å². The molecule has 0 aliphatic carbocycles. The third kappa shape index (κ3) is 3.69. The Bertz CT molecular complexity index is 262. The molecule has 0 saturated carbocycles. The van der Waals surface area contributed by atoms with Crippen LogP contribution in [0, 0.1) is 17.3 Å². The van der Waals surface area contributed by atoms with Gasteiger partial charge in [-0.3, -0.25) is 0 Å². The zero-order chi connectivity index (χ0) is 13.2. The van der Waals surface area contributed by atoms with Crippen molar-refractivity contribution < 1.29 is 4.74 Å². The molecule has 18 heavy (non-hydrogen) atoms. The van der Waals surface area contributed by atoms with Crippen molar-refractivity contribution in [1.82, 2.24) is 4.90 Å². The molecule has 2 saturated heterocycles. The van der Waals surface area contributed by atoms with Crippen molar-refractivity contribution >= 4 is 0 Å². The Morgan fingerprint density at radius 3 is 2.56 bits per heavy atom. The number of hydrogen-bond acceptors (Lipinski definition) is 3. The number of hydrogen-bond donors (Lipinski definition) is 1. The summed E-state index contributed by atoms with van der Waals surface area (Å²) in [6.07, 6.45) is 4.06. The molecule has 2 N–H and O–H groups in total. The lowest BCUT2D eigenvalue weighted by Gasteiger charge is -2.30. The highest BCUT2D eigenvalue weighted by Gasteiger charge is 2.30. The van der Waals surface area contributed by atoms with Crippen molar-refractivity contribution in [3.05, 3.63) is 0 Å². The molecule has 2 aliphatic rings. The van der Waals surface area contributed by atoms with E-state index in [-0.39, 0.29) is 6.04 Å². The molecule has 3 nitrogen and oxygen atoms in total. The van der Waals surface area contributed by atoms with Gasteiger partial charge in [0, 0.05) is 18.5 Å². The van der Waals surface area contributed by atoms with E-state index < -0.39 is 0 Å². The van der Waals surface area contributed by atoms with E-state index in [1.54, 1.807) is 0 Å². The maximum absolute atomic E-state index is 6.08. The number of nitrogens with two attached hydrogens (primary N) is 1. The van der Waals surface area contributed by atoms with Crippen molar-refractivity contribution in [3.63, 3.8) is 0 Å². The van der Waals surface area contributed by atoms with Crippen LogP contribution in [-0.2, 0) is 4.74 Å². The number of rotatable bonds is 2. The molecule has 3 atom stereocenters. The van der Waals surface area contributed by atoms with Crippen molar-refractivity contribution in [2.24, 2.45) is 23.0 Å². The second kappa shape index (κ2) is 5.89. The van der Waals surface area contributed by atoms with Crippen LogP contribution in [-0.4, -0.2) is 43.8 Å². The quantitative estimate of drug-likeness (QED) is 0.820. The molecule has 0 bridgehead atoms. The second-order valence-electron chi connectivity index (χ2n) is 7.26. The monoisotopic (exact) mass is 254 g/mol. The van der Waals surface area contributed by atoms with E-state index in [1.807, 2.05) is 0 Å². The van der Waals surface area contributed by atoms with Crippen molar-refractivity contribution in [2.45, 2.75) is 46.1 Å². The third-order valence-electron chi connectivity index (χ3n) is 4.79. The lowest BCUT2D eigenvalue weighted by Crippen LogP contribution is -2.39. The molecule has 106 valence electrons. The Morgan fingerprint density at radius 2 is 1.94 bits per heavy atom. The Labute approximate surface area is 112 Å². The van der Waals surface area contributed by atoms with Gasteiger partial charge in [-0.2, -0.15) is 0 Å². The van der Waals surface area contributed by atoms with Crippen LogP contribution in [0.3, 0.4) is 0 Å². The highest BCUT2D eigenvalue weighted by molar-refractivity contribution is 4.83. The van der Waals surface area contributed by atoms with Gasteiger partial charge in [0.1, 0.15) is 0 Å². The van der Waals surface area contributed by atoms with E-state index in [2.05, 4.69) is 25.7 Å². The maximum Gasteiger partial charge on any atom is 0.0621 e. The van der Waals surface area contributed by atoms with E-state index in [4.69, 9.17) is 10.5 Å². The van der Waals surface area contributed by atoms with Gasteiger partial charge in [-0.15, -0.1) is 0 Å². The van der Waals surface area contributed by atoms with Crippen molar-refractivity contribution in [1.29, 1.82) is 0 Å². The van der Waals surface area contributed by atoms with Gasteiger partial charge in [0.15, 0.2) is 0 Å². The van der Waals surface area contributed by atoms with Gasteiger partial charge in [-0.25, -0.2) is 0 Å². The topological polar surface area (TPSA) is 38.5 Å². The molecule has 3 unspecified atom stereocenters. The molecule has 0 spiro atoms. The Kier molecular flexibility index (Phi) is 4.68. The van der Waals surface area contributed by atoms with Gasteiger partial charge in [0.25, 0.3) is 0 Å². The number of likely N-dealkylation sites (tertiary alicyclic amines) is 1. The third-order valence-corrected chi connectivity index (χ3v) is 4.79. The molecular weight excluding hydrogens is 224 g/mol. The van der Waals surface area contributed by atoms with Gasteiger partial charge < -0.3 is 15.4 Å². The predicted molar refractivity (Wildman–Crippen MR) is 75.5 cm³/mol. The molecule has 2 heterocycles. The minimum Gasteiger partial charge on any atom is -0.379 e. The van der Waals surface area contributed by atoms with E-state index in [0.29, 0.717) is 11.3 Å². The molecule has 3 heteroatoms. The normalized spacial score (nSPS) is 35.7. The summed E-state index contributed by atoms with van der Waals surface area (Å²) >= 11 is 0. The summed E-state index contributed by atoms with van der Waals surface area (Å²) in [5, 5.41) is 0. The van der Waals surface area contributed by atoms with Crippen LogP contribution in [0.5, 0.6) is 0 Å². The van der Waals surface area contributed by atoms with Gasteiger partial charge in [-0.05, 0) is 43.7 Å². The van der Waals surface area contributed by atoms with E-state index in [9.17, 15) is 0 Å². The summed E-state index contributed by atoms with van der Waals surface area (Å²) in [6, 6.07) is 0.256. The number of nitrogens with zero attached hydrogens (tertiary/aromatic N) is 1. The predicted octanol–water partition coefficient (Wildman–Crippen LogP) is 2.11. The van der Waals surface area contributed by atoms with Crippen LogP contribution < -0.4 is 5.73 Å². The van der Waals surface area contributed by atoms with Crippen LogP contribution in [0.25, 0.3) is 0 Å². The van der Waals surface area contributed by atoms with Gasteiger partial charge in [-0.1, -0.05) is 20.8 Å². The average Bonchev–Trinajstić information content (AvgIpc) is 2.54.